The van der Waals surface area contributed by atoms with Gasteiger partial charge < -0.3 is 30.5 Å². The smallest absolute Gasteiger partial charge is 0.433 e. The van der Waals surface area contributed by atoms with Gasteiger partial charge in [0.1, 0.15) is 22.9 Å². The predicted octanol–water partition coefficient (Wildman–Crippen LogP) is 11.8. The van der Waals surface area contributed by atoms with Crippen LogP contribution in [0.2, 0.25) is 0 Å². The lowest BCUT2D eigenvalue weighted by molar-refractivity contribution is -0.141. The second-order valence-corrected chi connectivity index (χ2v) is 18.5. The number of benzene rings is 4. The largest absolute Gasteiger partial charge is 0.497 e. The molecule has 0 saturated heterocycles. The molecule has 0 aliphatic heterocycles. The summed E-state index contributed by atoms with van der Waals surface area (Å²) < 4.78 is 92.8. The van der Waals surface area contributed by atoms with E-state index in [0.717, 1.165) is 46.1 Å². The summed E-state index contributed by atoms with van der Waals surface area (Å²) >= 11 is 0. The summed E-state index contributed by atoms with van der Waals surface area (Å²) in [6.45, 7) is 5.18. The first-order valence-electron chi connectivity index (χ1n) is 25.1. The highest BCUT2D eigenvalue weighted by Gasteiger charge is 2.34. The number of amides is 1. The number of nitrogens with zero attached hydrogens (tertiary/aromatic N) is 8. The molecule has 6 heterocycles. The maximum Gasteiger partial charge on any atom is 0.433 e. The molecule has 0 radical (unpaired) electrons. The molecule has 0 aliphatic rings. The van der Waals surface area contributed by atoms with Gasteiger partial charge in [0, 0.05) is 54.1 Å². The molecule has 0 bridgehead atoms. The van der Waals surface area contributed by atoms with E-state index in [2.05, 4.69) is 36.1 Å². The number of carbonyl (C=O) groups excluding carboxylic acids is 1. The number of pyridine rings is 4. The van der Waals surface area contributed by atoms with Gasteiger partial charge in [0.2, 0.25) is 0 Å². The number of methoxy groups -OCH3 is 2. The van der Waals surface area contributed by atoms with Crippen molar-refractivity contribution in [1.29, 1.82) is 0 Å². The molecule has 16 nitrogen and oxygen atoms in total. The molecule has 6 aromatic heterocycles. The third kappa shape index (κ3) is 12.8. The second-order valence-electron chi connectivity index (χ2n) is 18.5. The van der Waals surface area contributed by atoms with E-state index in [0.29, 0.717) is 57.6 Å². The molecule has 0 fully saturated rings. The minimum absolute atomic E-state index is 0.0205. The standard InChI is InChI=1S/C30H27F3N6O2.C29H24F3N5O3/c1-18(35-16-19-10-12-21(41-3)13-11-19)24-6-4-7-25(37-24)20-14-22(29(40)34-2)23-17-36-39(26(23)15-20)28-9-5-8-27(38-28)30(31,32)33;1-17(33-15-18-9-11-20(40-2)12-10-18)23-5-3-6-24(35-23)19-13-21(28(38)39)22-16-34-37(25(22)14-19)27-8-4-7-26(36-27)29(30,31)32/h4-15,17-18,35H,16H2,1-3H3,(H,34,40);3-14,16-17,33H,15H2,1-2H3,(H,38,39). The number of rotatable bonds is 16. The maximum atomic E-state index is 13.3. The Morgan fingerprint density at radius 3 is 1.36 bits per heavy atom. The number of nitrogens with one attached hydrogen (secondary N) is 3. The van der Waals surface area contributed by atoms with Crippen LogP contribution in [0, 0.1) is 0 Å². The van der Waals surface area contributed by atoms with Crippen molar-refractivity contribution in [1.82, 2.24) is 55.4 Å². The molecular weight excluding hydrogens is 1060 g/mol. The third-order valence-corrected chi connectivity index (χ3v) is 13.1. The topological polar surface area (TPSA) is 196 Å². The molecule has 22 heteroatoms. The van der Waals surface area contributed by atoms with E-state index in [-0.39, 0.29) is 40.6 Å². The fourth-order valence-electron chi connectivity index (χ4n) is 8.76. The molecule has 4 aromatic carbocycles. The Kier molecular flexibility index (Phi) is 16.5. The molecule has 1 amide bonds. The Hall–Kier alpha value is -9.54. The van der Waals surface area contributed by atoms with Crippen molar-refractivity contribution in [3.63, 3.8) is 0 Å². The van der Waals surface area contributed by atoms with Crippen LogP contribution in [0.4, 0.5) is 26.3 Å². The molecule has 4 N–H and O–H groups in total. The molecule has 414 valence electrons. The van der Waals surface area contributed by atoms with Crippen molar-refractivity contribution in [2.75, 3.05) is 21.3 Å². The molecule has 2 unspecified atom stereocenters. The predicted molar refractivity (Wildman–Crippen MR) is 291 cm³/mol. The zero-order chi connectivity index (χ0) is 57.6. The van der Waals surface area contributed by atoms with Crippen LogP contribution < -0.4 is 25.4 Å². The zero-order valence-corrected chi connectivity index (χ0v) is 44.0. The fraction of sp³-hybridized carbons (Fsp3) is 0.186. The number of hydrogen-bond acceptors (Lipinski definition) is 12. The molecule has 10 aromatic rings. The van der Waals surface area contributed by atoms with Gasteiger partial charge in [-0.05, 0) is 122 Å². The Morgan fingerprint density at radius 2 is 0.963 bits per heavy atom. The van der Waals surface area contributed by atoms with Gasteiger partial charge in [-0.15, -0.1) is 0 Å². The van der Waals surface area contributed by atoms with E-state index in [1.165, 1.54) is 59.1 Å². The van der Waals surface area contributed by atoms with Gasteiger partial charge in [0.15, 0.2) is 11.6 Å². The Bertz CT molecular complexity index is 3890. The van der Waals surface area contributed by atoms with E-state index in [4.69, 9.17) is 19.4 Å². The number of aromatic nitrogens is 8. The van der Waals surface area contributed by atoms with Crippen LogP contribution in [-0.4, -0.2) is 77.7 Å². The minimum Gasteiger partial charge on any atom is -0.497 e. The van der Waals surface area contributed by atoms with Crippen LogP contribution >= 0.6 is 0 Å². The van der Waals surface area contributed by atoms with Crippen LogP contribution in [0.1, 0.15) is 80.5 Å². The van der Waals surface area contributed by atoms with Crippen molar-refractivity contribution in [2.45, 2.75) is 51.4 Å². The summed E-state index contributed by atoms with van der Waals surface area (Å²) in [4.78, 5) is 42.0. The number of fused-ring (bicyclic) bond motifs is 2. The first kappa shape index (κ1) is 56.2. The molecule has 2 atom stereocenters. The van der Waals surface area contributed by atoms with Crippen LogP contribution in [-0.2, 0) is 25.4 Å². The molecule has 10 rings (SSSR count). The Morgan fingerprint density at radius 1 is 0.556 bits per heavy atom. The van der Waals surface area contributed by atoms with Crippen molar-refractivity contribution in [3.05, 3.63) is 203 Å². The lowest BCUT2D eigenvalue weighted by atomic mass is 10.0. The lowest BCUT2D eigenvalue weighted by Gasteiger charge is -2.15. The third-order valence-electron chi connectivity index (χ3n) is 13.1. The number of carbonyl (C=O) groups is 2. The zero-order valence-electron chi connectivity index (χ0n) is 44.0. The lowest BCUT2D eigenvalue weighted by Crippen LogP contribution is -2.19. The van der Waals surface area contributed by atoms with Crippen molar-refractivity contribution in [3.8, 4) is 45.6 Å². The fourth-order valence-corrected chi connectivity index (χ4v) is 8.76. The molecule has 81 heavy (non-hydrogen) atoms. The monoisotopic (exact) mass is 1110 g/mol. The van der Waals surface area contributed by atoms with Gasteiger partial charge >= 0.3 is 18.3 Å². The number of alkyl halides is 6. The van der Waals surface area contributed by atoms with E-state index in [9.17, 15) is 41.0 Å². The number of carboxylic acid groups (broad SMARTS) is 1. The summed E-state index contributed by atoms with van der Waals surface area (Å²) in [5.74, 6) is -0.110. The molecule has 0 aliphatic carbocycles. The number of ether oxygens (including phenoxy) is 2. The summed E-state index contributed by atoms with van der Waals surface area (Å²) in [7, 11) is 4.75. The van der Waals surface area contributed by atoms with Crippen LogP contribution in [0.5, 0.6) is 11.5 Å². The van der Waals surface area contributed by atoms with Gasteiger partial charge in [-0.2, -0.15) is 36.5 Å². The summed E-state index contributed by atoms with van der Waals surface area (Å²) in [5, 5.41) is 28.6. The maximum absolute atomic E-state index is 13.3. The van der Waals surface area contributed by atoms with E-state index in [1.807, 2.05) is 92.7 Å². The molecule has 0 saturated carbocycles. The normalized spacial score (nSPS) is 12.4. The van der Waals surface area contributed by atoms with Gasteiger partial charge in [-0.1, -0.05) is 48.5 Å². The highest BCUT2D eigenvalue weighted by molar-refractivity contribution is 6.08. The Balaban J connectivity index is 0.000000196. The number of aromatic carboxylic acids is 1. The average Bonchev–Trinajstić information content (AvgIpc) is 4.28. The highest BCUT2D eigenvalue weighted by Crippen LogP contribution is 2.34. The van der Waals surface area contributed by atoms with Gasteiger partial charge in [-0.3, -0.25) is 14.8 Å². The van der Waals surface area contributed by atoms with Gasteiger partial charge in [0.05, 0.1) is 71.5 Å². The quantitative estimate of drug-likeness (QED) is 0.0668. The minimum atomic E-state index is -4.64. The van der Waals surface area contributed by atoms with Crippen molar-refractivity contribution in [2.24, 2.45) is 0 Å². The van der Waals surface area contributed by atoms with Crippen LogP contribution in [0.25, 0.3) is 56.0 Å². The summed E-state index contributed by atoms with van der Waals surface area (Å²) in [5.41, 5.74) is 4.72. The first-order chi connectivity index (χ1) is 38.8. The van der Waals surface area contributed by atoms with E-state index < -0.39 is 29.7 Å². The number of hydrogen-bond donors (Lipinski definition) is 4. The van der Waals surface area contributed by atoms with Crippen LogP contribution in [0.15, 0.2) is 158 Å². The second kappa shape index (κ2) is 23.8. The number of carboxylic acids is 1. The first-order valence-corrected chi connectivity index (χ1v) is 25.1. The van der Waals surface area contributed by atoms with Gasteiger partial charge in [-0.25, -0.2) is 24.1 Å². The summed E-state index contributed by atoms with van der Waals surface area (Å²) in [6, 6.07) is 39.9. The van der Waals surface area contributed by atoms with E-state index in [1.54, 1.807) is 38.5 Å². The molecule has 0 spiro atoms. The van der Waals surface area contributed by atoms with E-state index >= 15 is 0 Å². The van der Waals surface area contributed by atoms with Crippen LogP contribution in [0.3, 0.4) is 0 Å². The Labute approximate surface area is 459 Å². The summed E-state index contributed by atoms with van der Waals surface area (Å²) in [6.07, 6.45) is -6.50. The SMILES string of the molecule is CNC(=O)c1cc(-c2cccc(C(C)NCc3ccc(OC)cc3)n2)cc2c1cnn2-c1cccc(C(F)(F)F)n1.COc1ccc(CNC(C)c2cccc(-c3cc(C(=O)O)c4cnn(-c5cccc(C(F)(F)F)n5)c4c3)n2)cc1. The average molecular weight is 1110 g/mol. The molecular formula is C59H51F6N11O5. The highest BCUT2D eigenvalue weighted by atomic mass is 19.4. The van der Waals surface area contributed by atoms with Crippen molar-refractivity contribution >= 4 is 33.7 Å². The van der Waals surface area contributed by atoms with Crippen molar-refractivity contribution < 1.29 is 50.5 Å². The number of halogens is 6. The van der Waals surface area contributed by atoms with Gasteiger partial charge in [0.25, 0.3) is 5.91 Å².